The van der Waals surface area contributed by atoms with Gasteiger partial charge in [0.25, 0.3) is 0 Å². The lowest BCUT2D eigenvalue weighted by molar-refractivity contribution is 0.284. The number of allylic oxidation sites excluding steroid dienone is 3. The molecule has 0 spiro atoms. The van der Waals surface area contributed by atoms with E-state index in [1.807, 2.05) is 35.8 Å². The molecular formula is C25H32FN5O2S. The van der Waals surface area contributed by atoms with Gasteiger partial charge < -0.3 is 9.47 Å². The van der Waals surface area contributed by atoms with Crippen LogP contribution in [0.4, 0.5) is 10.1 Å². The van der Waals surface area contributed by atoms with Crippen LogP contribution in [0.1, 0.15) is 57.1 Å². The zero-order valence-electron chi connectivity index (χ0n) is 19.6. The summed E-state index contributed by atoms with van der Waals surface area (Å²) in [6, 6.07) is 5.44. The van der Waals surface area contributed by atoms with Crippen LogP contribution in [0.5, 0.6) is 0 Å². The van der Waals surface area contributed by atoms with E-state index in [1.165, 1.54) is 4.31 Å². The molecule has 0 bridgehead atoms. The number of piperidine rings is 1. The summed E-state index contributed by atoms with van der Waals surface area (Å²) in [7, 11) is -3.56. The van der Waals surface area contributed by atoms with Crippen molar-refractivity contribution in [2.45, 2.75) is 69.3 Å². The van der Waals surface area contributed by atoms with Gasteiger partial charge in [-0.2, -0.15) is 4.31 Å². The van der Waals surface area contributed by atoms with Crippen molar-refractivity contribution in [3.8, 4) is 0 Å². The minimum Gasteiger partial charge on any atom is -0.371 e. The molecule has 0 saturated carbocycles. The predicted molar refractivity (Wildman–Crippen MR) is 130 cm³/mol. The van der Waals surface area contributed by atoms with Crippen molar-refractivity contribution in [1.29, 1.82) is 0 Å². The maximum Gasteiger partial charge on any atom is 0.221 e. The Bertz CT molecular complexity index is 1170. The average molecular weight is 486 g/mol. The van der Waals surface area contributed by atoms with Crippen molar-refractivity contribution in [2.24, 2.45) is 0 Å². The first-order valence-corrected chi connectivity index (χ1v) is 13.7. The van der Waals surface area contributed by atoms with E-state index in [4.69, 9.17) is 0 Å². The molecule has 3 aliphatic rings. The number of halogens is 1. The van der Waals surface area contributed by atoms with Gasteiger partial charge in [0.05, 0.1) is 0 Å². The summed E-state index contributed by atoms with van der Waals surface area (Å²) in [5, 5.41) is 7.24. The normalized spacial score (nSPS) is 25.9. The van der Waals surface area contributed by atoms with Crippen LogP contribution >= 0.6 is 0 Å². The van der Waals surface area contributed by atoms with Crippen molar-refractivity contribution < 1.29 is 12.8 Å². The molecule has 3 heterocycles. The highest BCUT2D eigenvalue weighted by Gasteiger charge is 2.41. The molecule has 0 radical (unpaired) electrons. The Hall–Kier alpha value is -2.52. The Kier molecular flexibility index (Phi) is 6.57. The van der Waals surface area contributed by atoms with Crippen LogP contribution < -0.4 is 4.90 Å². The molecule has 182 valence electrons. The molecule has 0 amide bonds. The smallest absolute Gasteiger partial charge is 0.221 e. The highest BCUT2D eigenvalue weighted by atomic mass is 32.2. The second-order valence-corrected chi connectivity index (χ2v) is 11.7. The van der Waals surface area contributed by atoms with Gasteiger partial charge in [-0.05, 0) is 63.2 Å². The van der Waals surface area contributed by atoms with Gasteiger partial charge in [-0.3, -0.25) is 0 Å². The van der Waals surface area contributed by atoms with Crippen LogP contribution in [0.3, 0.4) is 0 Å². The van der Waals surface area contributed by atoms with Gasteiger partial charge >= 0.3 is 0 Å². The third-order valence-electron chi connectivity index (χ3n) is 7.47. The van der Waals surface area contributed by atoms with Gasteiger partial charge in [-0.25, -0.2) is 12.8 Å². The first-order valence-electron chi connectivity index (χ1n) is 12.2. The van der Waals surface area contributed by atoms with Crippen LogP contribution in [0.2, 0.25) is 0 Å². The third-order valence-corrected chi connectivity index (χ3v) is 9.84. The number of hydrogen-bond acceptors (Lipinski definition) is 5. The lowest BCUT2D eigenvalue weighted by Crippen LogP contribution is -2.48. The van der Waals surface area contributed by atoms with Crippen molar-refractivity contribution >= 4 is 15.7 Å². The van der Waals surface area contributed by atoms with Crippen molar-refractivity contribution in [2.75, 3.05) is 18.0 Å². The average Bonchev–Trinajstić information content (AvgIpc) is 3.38. The minimum atomic E-state index is -3.56. The van der Waals surface area contributed by atoms with Gasteiger partial charge in [-0.1, -0.05) is 24.3 Å². The van der Waals surface area contributed by atoms with Crippen molar-refractivity contribution in [3.05, 3.63) is 66.0 Å². The second kappa shape index (κ2) is 9.62. The second-order valence-electron chi connectivity index (χ2n) is 9.59. The van der Waals surface area contributed by atoms with Crippen LogP contribution in [-0.4, -0.2) is 51.9 Å². The molecule has 34 heavy (non-hydrogen) atoms. The summed E-state index contributed by atoms with van der Waals surface area (Å²) in [6.45, 7) is 3.64. The monoisotopic (exact) mass is 485 g/mol. The summed E-state index contributed by atoms with van der Waals surface area (Å²) in [4.78, 5) is 2.19. The van der Waals surface area contributed by atoms with E-state index < -0.39 is 15.3 Å². The summed E-state index contributed by atoms with van der Waals surface area (Å²) in [5.41, 5.74) is 2.15. The topological polar surface area (TPSA) is 71.3 Å². The lowest BCUT2D eigenvalue weighted by Gasteiger charge is -2.38. The zero-order valence-corrected chi connectivity index (χ0v) is 20.4. The number of aromatic nitrogens is 3. The van der Waals surface area contributed by atoms with Gasteiger partial charge in [0.15, 0.2) is 0 Å². The maximum atomic E-state index is 15.2. The lowest BCUT2D eigenvalue weighted by atomic mass is 9.99. The Morgan fingerprint density at radius 2 is 1.82 bits per heavy atom. The van der Waals surface area contributed by atoms with E-state index in [0.29, 0.717) is 18.0 Å². The SMILES string of the molecule is C[C@H]1CCC(C2=CCCC=C2)S(=O)(=O)N1Cc1ccc(N2CCC(n3cnnc3)CC2)cc1F. The maximum absolute atomic E-state index is 15.2. The number of nitrogens with zero attached hydrogens (tertiary/aromatic N) is 5. The first kappa shape index (κ1) is 23.2. The fraction of sp³-hybridized carbons (Fsp3) is 0.520. The molecule has 1 unspecified atom stereocenters. The molecule has 1 aromatic heterocycles. The molecule has 9 heteroatoms. The number of sulfonamides is 1. The highest BCUT2D eigenvalue weighted by Crippen LogP contribution is 2.35. The largest absolute Gasteiger partial charge is 0.371 e. The summed E-state index contributed by atoms with van der Waals surface area (Å²) in [5.74, 6) is -0.347. The van der Waals surface area contributed by atoms with Crippen LogP contribution in [0, 0.1) is 5.82 Å². The van der Waals surface area contributed by atoms with E-state index in [0.717, 1.165) is 56.5 Å². The van der Waals surface area contributed by atoms with E-state index in [1.54, 1.807) is 24.8 Å². The van der Waals surface area contributed by atoms with Crippen LogP contribution in [0.25, 0.3) is 0 Å². The fourth-order valence-electron chi connectivity index (χ4n) is 5.41. The number of benzene rings is 1. The molecule has 2 saturated heterocycles. The molecule has 2 aromatic rings. The van der Waals surface area contributed by atoms with Gasteiger partial charge in [0.1, 0.15) is 23.7 Å². The summed E-state index contributed by atoms with van der Waals surface area (Å²) < 4.78 is 45.7. The fourth-order valence-corrected chi connectivity index (χ4v) is 7.61. The molecule has 2 fully saturated rings. The van der Waals surface area contributed by atoms with Gasteiger partial charge in [0.2, 0.25) is 10.0 Å². The van der Waals surface area contributed by atoms with E-state index in [2.05, 4.69) is 15.1 Å². The standard InChI is InChI=1S/C25H32FN5O2S/c1-19-7-10-25(20-5-3-2-4-6-20)34(32,33)31(19)16-21-8-9-23(15-24(21)26)29-13-11-22(12-14-29)30-17-27-28-18-30/h3,5-6,8-9,15,17-19,22,25H,2,4,7,10-14,16H2,1H3/t19-,25?/m0/s1. The Balaban J connectivity index is 1.29. The van der Waals surface area contributed by atoms with Crippen molar-refractivity contribution in [3.63, 3.8) is 0 Å². The molecule has 1 aliphatic carbocycles. The summed E-state index contributed by atoms with van der Waals surface area (Å²) >= 11 is 0. The van der Waals surface area contributed by atoms with Crippen LogP contribution in [-0.2, 0) is 16.6 Å². The number of hydrogen-bond donors (Lipinski definition) is 0. The molecule has 1 aromatic carbocycles. The summed E-state index contributed by atoms with van der Waals surface area (Å²) in [6.07, 6.45) is 14.6. The number of rotatable bonds is 5. The Morgan fingerprint density at radius 3 is 2.50 bits per heavy atom. The van der Waals surface area contributed by atoms with Crippen molar-refractivity contribution in [1.82, 2.24) is 19.1 Å². The molecule has 7 nitrogen and oxygen atoms in total. The molecule has 5 rings (SSSR count). The van der Waals surface area contributed by atoms with E-state index in [9.17, 15) is 8.42 Å². The van der Waals surface area contributed by atoms with Crippen LogP contribution in [0.15, 0.2) is 54.7 Å². The Morgan fingerprint density at radius 1 is 1.06 bits per heavy atom. The van der Waals surface area contributed by atoms with Gasteiger partial charge in [0, 0.05) is 43.0 Å². The zero-order chi connectivity index (χ0) is 23.7. The quantitative estimate of drug-likeness (QED) is 0.634. The minimum absolute atomic E-state index is 0.0683. The molecule has 2 aliphatic heterocycles. The number of anilines is 1. The molecular weight excluding hydrogens is 453 g/mol. The third kappa shape index (κ3) is 4.55. The van der Waals surface area contributed by atoms with Gasteiger partial charge in [-0.15, -0.1) is 10.2 Å². The van der Waals surface area contributed by atoms with E-state index in [-0.39, 0.29) is 18.4 Å². The first-order chi connectivity index (χ1) is 16.4. The molecule has 0 N–H and O–H groups in total. The Labute approximate surface area is 201 Å². The molecule has 2 atom stereocenters. The van der Waals surface area contributed by atoms with E-state index >= 15 is 4.39 Å². The predicted octanol–water partition coefficient (Wildman–Crippen LogP) is 4.22. The highest BCUT2D eigenvalue weighted by molar-refractivity contribution is 7.90.